The van der Waals surface area contributed by atoms with E-state index in [2.05, 4.69) is 22.6 Å². The summed E-state index contributed by atoms with van der Waals surface area (Å²) >= 11 is 2.28. The van der Waals surface area contributed by atoms with E-state index in [1.54, 1.807) is 0 Å². The number of hydrogen-bond acceptors (Lipinski definition) is 2. The summed E-state index contributed by atoms with van der Waals surface area (Å²) in [5.41, 5.74) is 7.89. The van der Waals surface area contributed by atoms with E-state index >= 15 is 0 Å². The van der Waals surface area contributed by atoms with Crippen LogP contribution in [0.4, 0.5) is 0 Å². The molecule has 0 bridgehead atoms. The van der Waals surface area contributed by atoms with Gasteiger partial charge >= 0.3 is 0 Å². The Hall–Kier alpha value is -0.330. The molecule has 2 N–H and O–H groups in total. The Morgan fingerprint density at radius 2 is 2.20 bits per heavy atom. The number of nitrogens with zero attached hydrogens (tertiary/aromatic N) is 1. The number of carbonyl (C=O) groups excluding carboxylic acids is 1. The number of likely N-dealkylation sites (tertiary alicyclic amines) is 1. The number of amides is 1. The lowest BCUT2D eigenvalue weighted by atomic mass is 9.91. The molecule has 1 aromatic carbocycles. The molecule has 0 aliphatic carbocycles. The summed E-state index contributed by atoms with van der Waals surface area (Å²) in [5.74, 6) is 0.585. The van der Waals surface area contributed by atoms with Crippen molar-refractivity contribution >= 4 is 40.9 Å². The van der Waals surface area contributed by atoms with Crippen molar-refractivity contribution in [1.82, 2.24) is 4.90 Å². The Labute approximate surface area is 140 Å². The Kier molecular flexibility index (Phi) is 6.75. The summed E-state index contributed by atoms with van der Waals surface area (Å²) in [4.78, 5) is 14.6. The van der Waals surface area contributed by atoms with Gasteiger partial charge in [0.05, 0.1) is 0 Å². The van der Waals surface area contributed by atoms with Crippen LogP contribution in [0.15, 0.2) is 18.2 Å². The van der Waals surface area contributed by atoms with Crippen molar-refractivity contribution in [3.8, 4) is 0 Å². The maximum absolute atomic E-state index is 12.6. The SMILES string of the molecule is Cc1c(I)cccc1C(=O)N1CCCC(C(C)N)C1.Cl. The van der Waals surface area contributed by atoms with Gasteiger partial charge in [-0.15, -0.1) is 12.4 Å². The second-order valence-electron chi connectivity index (χ2n) is 5.42. The summed E-state index contributed by atoms with van der Waals surface area (Å²) in [6, 6.07) is 6.07. The zero-order chi connectivity index (χ0) is 14.0. The molecule has 2 atom stereocenters. The zero-order valence-electron chi connectivity index (χ0n) is 11.9. The third-order valence-electron chi connectivity index (χ3n) is 3.99. The molecule has 1 fully saturated rings. The van der Waals surface area contributed by atoms with Crippen LogP contribution in [-0.2, 0) is 0 Å². The van der Waals surface area contributed by atoms with Gasteiger partial charge in [-0.05, 0) is 72.9 Å². The molecule has 0 radical (unpaired) electrons. The van der Waals surface area contributed by atoms with Gasteiger partial charge in [-0.2, -0.15) is 0 Å². The normalized spacial score (nSPS) is 20.2. The Morgan fingerprint density at radius 1 is 1.50 bits per heavy atom. The van der Waals surface area contributed by atoms with Crippen LogP contribution in [0.2, 0.25) is 0 Å². The number of halogens is 2. The smallest absolute Gasteiger partial charge is 0.254 e. The minimum atomic E-state index is 0. The second-order valence-corrected chi connectivity index (χ2v) is 6.59. The van der Waals surface area contributed by atoms with Crippen LogP contribution in [0.3, 0.4) is 0 Å². The molecule has 0 aromatic heterocycles. The molecule has 20 heavy (non-hydrogen) atoms. The van der Waals surface area contributed by atoms with E-state index in [9.17, 15) is 4.79 Å². The molecule has 1 amide bonds. The molecule has 1 aliphatic rings. The van der Waals surface area contributed by atoms with E-state index in [4.69, 9.17) is 5.73 Å². The summed E-state index contributed by atoms with van der Waals surface area (Å²) in [6.45, 7) is 5.70. The highest BCUT2D eigenvalue weighted by Crippen LogP contribution is 2.23. The lowest BCUT2D eigenvalue weighted by molar-refractivity contribution is 0.0660. The molecule has 3 nitrogen and oxygen atoms in total. The molecule has 0 spiro atoms. The molecule has 2 rings (SSSR count). The zero-order valence-corrected chi connectivity index (χ0v) is 14.9. The van der Waals surface area contributed by atoms with Crippen LogP contribution in [-0.4, -0.2) is 29.9 Å². The number of rotatable bonds is 2. The van der Waals surface area contributed by atoms with Gasteiger partial charge in [0, 0.05) is 28.3 Å². The number of hydrogen-bond donors (Lipinski definition) is 1. The van der Waals surface area contributed by atoms with Crippen LogP contribution in [0.5, 0.6) is 0 Å². The quantitative estimate of drug-likeness (QED) is 0.764. The lowest BCUT2D eigenvalue weighted by Crippen LogP contribution is -2.45. The number of nitrogens with two attached hydrogens (primary N) is 1. The fourth-order valence-electron chi connectivity index (χ4n) is 2.63. The summed E-state index contributed by atoms with van der Waals surface area (Å²) in [5, 5.41) is 0. The molecule has 1 saturated heterocycles. The molecule has 112 valence electrons. The fourth-order valence-corrected chi connectivity index (χ4v) is 3.13. The first-order valence-corrected chi connectivity index (χ1v) is 7.88. The van der Waals surface area contributed by atoms with Gasteiger partial charge in [-0.1, -0.05) is 6.07 Å². The van der Waals surface area contributed by atoms with E-state index in [-0.39, 0.29) is 24.4 Å². The van der Waals surface area contributed by atoms with Crippen molar-refractivity contribution in [3.05, 3.63) is 32.9 Å². The highest BCUT2D eigenvalue weighted by Gasteiger charge is 2.27. The highest BCUT2D eigenvalue weighted by molar-refractivity contribution is 14.1. The van der Waals surface area contributed by atoms with Gasteiger partial charge in [0.1, 0.15) is 0 Å². The van der Waals surface area contributed by atoms with Crippen molar-refractivity contribution in [1.29, 1.82) is 0 Å². The van der Waals surface area contributed by atoms with Gasteiger partial charge in [0.15, 0.2) is 0 Å². The minimum Gasteiger partial charge on any atom is -0.338 e. The van der Waals surface area contributed by atoms with E-state index in [0.717, 1.165) is 40.6 Å². The maximum Gasteiger partial charge on any atom is 0.254 e. The second kappa shape index (κ2) is 7.61. The first kappa shape index (κ1) is 17.7. The van der Waals surface area contributed by atoms with Gasteiger partial charge in [0.2, 0.25) is 0 Å². The molecule has 1 aromatic rings. The number of carbonyl (C=O) groups is 1. The van der Waals surface area contributed by atoms with E-state index in [1.165, 1.54) is 0 Å². The van der Waals surface area contributed by atoms with Crippen LogP contribution in [0.25, 0.3) is 0 Å². The Morgan fingerprint density at radius 3 is 2.85 bits per heavy atom. The molecule has 1 aliphatic heterocycles. The minimum absolute atomic E-state index is 0. The predicted molar refractivity (Wildman–Crippen MR) is 93.4 cm³/mol. The molecule has 2 unspecified atom stereocenters. The van der Waals surface area contributed by atoms with Gasteiger partial charge in [-0.25, -0.2) is 0 Å². The number of piperidine rings is 1. The van der Waals surface area contributed by atoms with Gasteiger partial charge in [-0.3, -0.25) is 4.79 Å². The highest BCUT2D eigenvalue weighted by atomic mass is 127. The lowest BCUT2D eigenvalue weighted by Gasteiger charge is -2.35. The van der Waals surface area contributed by atoms with Crippen molar-refractivity contribution in [2.45, 2.75) is 32.7 Å². The number of benzene rings is 1. The van der Waals surface area contributed by atoms with Crippen molar-refractivity contribution < 1.29 is 4.79 Å². The van der Waals surface area contributed by atoms with E-state index in [1.807, 2.05) is 36.9 Å². The topological polar surface area (TPSA) is 46.3 Å². The monoisotopic (exact) mass is 408 g/mol. The van der Waals surface area contributed by atoms with E-state index < -0.39 is 0 Å². The third kappa shape index (κ3) is 3.86. The van der Waals surface area contributed by atoms with Gasteiger partial charge in [0.25, 0.3) is 5.91 Å². The predicted octanol–water partition coefficient (Wildman–Crippen LogP) is 3.22. The van der Waals surface area contributed by atoms with Gasteiger partial charge < -0.3 is 10.6 Å². The largest absolute Gasteiger partial charge is 0.338 e. The van der Waals surface area contributed by atoms with E-state index in [0.29, 0.717) is 5.92 Å². The standard InChI is InChI=1S/C15H21IN2O.ClH/c1-10-13(6-3-7-14(10)16)15(19)18-8-4-5-12(9-18)11(2)17;/h3,6-7,11-12H,4-5,8-9,17H2,1-2H3;1H. The van der Waals surface area contributed by atoms with Crippen LogP contribution in [0.1, 0.15) is 35.7 Å². The third-order valence-corrected chi connectivity index (χ3v) is 5.16. The van der Waals surface area contributed by atoms with Crippen molar-refractivity contribution in [2.75, 3.05) is 13.1 Å². The summed E-state index contributed by atoms with van der Waals surface area (Å²) < 4.78 is 1.14. The first-order valence-electron chi connectivity index (χ1n) is 6.80. The summed E-state index contributed by atoms with van der Waals surface area (Å²) in [6.07, 6.45) is 2.19. The maximum atomic E-state index is 12.6. The molecule has 1 heterocycles. The first-order chi connectivity index (χ1) is 9.00. The molecule has 5 heteroatoms. The summed E-state index contributed by atoms with van der Waals surface area (Å²) in [7, 11) is 0. The Balaban J connectivity index is 0.00000200. The molecular formula is C15H22ClIN2O. The van der Waals surface area contributed by atoms with Crippen LogP contribution >= 0.6 is 35.0 Å². The van der Waals surface area contributed by atoms with Crippen LogP contribution in [0, 0.1) is 16.4 Å². The van der Waals surface area contributed by atoms with Crippen molar-refractivity contribution in [2.24, 2.45) is 11.7 Å². The average Bonchev–Trinajstić information content (AvgIpc) is 2.41. The van der Waals surface area contributed by atoms with Crippen molar-refractivity contribution in [3.63, 3.8) is 0 Å². The average molecular weight is 409 g/mol. The fraction of sp³-hybridized carbons (Fsp3) is 0.533. The Bertz CT molecular complexity index is 479. The van der Waals surface area contributed by atoms with Crippen LogP contribution < -0.4 is 5.73 Å². The molecule has 0 saturated carbocycles. The molecular weight excluding hydrogens is 387 g/mol.